The monoisotopic (exact) mass is 126 g/mol. The highest BCUT2D eigenvalue weighted by atomic mass is 16.4. The van der Waals surface area contributed by atoms with E-state index in [0.29, 0.717) is 0 Å². The largest absolute Gasteiger partial charge is 0.477 e. The first-order valence-corrected chi connectivity index (χ1v) is 2.29. The second-order valence-corrected chi connectivity index (χ2v) is 1.55. The van der Waals surface area contributed by atoms with Crippen molar-refractivity contribution in [1.82, 2.24) is 4.98 Å². The Morgan fingerprint density at radius 3 is 2.56 bits per heavy atom. The number of carbonyl (C=O) groups is 1. The summed E-state index contributed by atoms with van der Waals surface area (Å²) < 4.78 is 0. The molecule has 0 aliphatic heterocycles. The Labute approximate surface area is 50.8 Å². The summed E-state index contributed by atoms with van der Waals surface area (Å²) in [4.78, 5) is 12.3. The predicted octanol–water partition coefficient (Wildman–Crippen LogP) is 0.857. The van der Waals surface area contributed by atoms with Gasteiger partial charge in [-0.3, -0.25) is 5.11 Å². The zero-order chi connectivity index (χ0) is 6.85. The van der Waals surface area contributed by atoms with Gasteiger partial charge in [-0.25, -0.2) is 4.79 Å². The third-order valence-corrected chi connectivity index (χ3v) is 0.887. The number of aromatic carboxylic acids is 1. The molecule has 0 saturated heterocycles. The van der Waals surface area contributed by atoms with E-state index < -0.39 is 5.97 Å². The molecule has 0 aromatic carbocycles. The molecule has 9 heavy (non-hydrogen) atoms. The second kappa shape index (κ2) is 1.81. The van der Waals surface area contributed by atoms with Crippen LogP contribution in [0.1, 0.15) is 10.5 Å². The smallest absolute Gasteiger partial charge is 0.352 e. The first-order chi connectivity index (χ1) is 4.20. The number of hydrogen-bond donors (Lipinski definition) is 2. The molecule has 0 saturated carbocycles. The number of H-pyrrole nitrogens is 1. The summed E-state index contributed by atoms with van der Waals surface area (Å²) in [5, 5.41) is 18.5. The number of carboxylic acids is 1. The van der Waals surface area contributed by atoms with Crippen LogP contribution >= 0.6 is 0 Å². The van der Waals surface area contributed by atoms with Crippen molar-refractivity contribution >= 4 is 5.97 Å². The van der Waals surface area contributed by atoms with Crippen LogP contribution in [0.4, 0.5) is 0 Å². The molecule has 4 nitrogen and oxygen atoms in total. The molecular formula is C5H4NO3. The Morgan fingerprint density at radius 1 is 1.67 bits per heavy atom. The number of aromatic amines is 1. The molecule has 0 bridgehead atoms. The number of hydrogen-bond acceptors (Lipinski definition) is 1. The molecule has 0 aliphatic carbocycles. The third kappa shape index (κ3) is 1.02. The van der Waals surface area contributed by atoms with Crippen molar-refractivity contribution in [3.63, 3.8) is 0 Å². The maximum absolute atomic E-state index is 10.3. The summed E-state index contributed by atoms with van der Waals surface area (Å²) in [5.41, 5.74) is -0.0694. The Bertz CT molecular complexity index is 228. The van der Waals surface area contributed by atoms with Crippen LogP contribution in [0, 0.1) is 0 Å². The Balaban J connectivity index is 2.98. The molecule has 1 aromatic heterocycles. The molecule has 1 rings (SSSR count). The van der Waals surface area contributed by atoms with Crippen LogP contribution in [0.15, 0.2) is 12.3 Å². The van der Waals surface area contributed by atoms with E-state index in [1.807, 2.05) is 0 Å². The van der Waals surface area contributed by atoms with Crippen LogP contribution in [0.5, 0.6) is 5.75 Å². The number of carboxylic acid groups (broad SMARTS) is 1. The van der Waals surface area contributed by atoms with Crippen molar-refractivity contribution in [1.29, 1.82) is 0 Å². The molecule has 0 atom stereocenters. The standard InChI is InChI=1S/C5H4NO3/c7-3-1-4(5(8)9)6-2-3/h1-2,6H,(H,8,9). The van der Waals surface area contributed by atoms with Gasteiger partial charge in [0.2, 0.25) is 0 Å². The minimum Gasteiger partial charge on any atom is -0.477 e. The Morgan fingerprint density at radius 2 is 2.33 bits per heavy atom. The predicted molar refractivity (Wildman–Crippen MR) is 27.9 cm³/mol. The number of nitrogens with one attached hydrogen (secondary N) is 1. The van der Waals surface area contributed by atoms with E-state index in [1.165, 1.54) is 0 Å². The molecule has 0 unspecified atom stereocenters. The van der Waals surface area contributed by atoms with E-state index in [0.717, 1.165) is 12.3 Å². The van der Waals surface area contributed by atoms with Gasteiger partial charge in [0.05, 0.1) is 0 Å². The summed E-state index contributed by atoms with van der Waals surface area (Å²) in [7, 11) is 0. The molecule has 0 fully saturated rings. The summed E-state index contributed by atoms with van der Waals surface area (Å²) in [6.07, 6.45) is 1.10. The van der Waals surface area contributed by atoms with Gasteiger partial charge in [0, 0.05) is 12.3 Å². The minimum absolute atomic E-state index is 0.0694. The van der Waals surface area contributed by atoms with Crippen molar-refractivity contribution in [3.05, 3.63) is 18.0 Å². The quantitative estimate of drug-likeness (QED) is 0.585. The molecule has 47 valence electrons. The summed E-state index contributed by atoms with van der Waals surface area (Å²) in [6, 6.07) is 1.03. The molecule has 0 aliphatic rings. The SMILES string of the molecule is [O]c1c[nH]c(C(=O)O)c1. The van der Waals surface area contributed by atoms with Crippen LogP contribution in [-0.2, 0) is 5.11 Å². The van der Waals surface area contributed by atoms with Crippen molar-refractivity contribution in [3.8, 4) is 5.75 Å². The molecule has 0 spiro atoms. The average Bonchev–Trinajstić information content (AvgIpc) is 2.14. The second-order valence-electron chi connectivity index (χ2n) is 1.55. The van der Waals surface area contributed by atoms with Gasteiger partial charge in [0.1, 0.15) is 5.69 Å². The highest BCUT2D eigenvalue weighted by molar-refractivity contribution is 5.85. The molecule has 0 amide bonds. The van der Waals surface area contributed by atoms with Gasteiger partial charge in [-0.15, -0.1) is 0 Å². The summed E-state index contributed by atoms with van der Waals surface area (Å²) >= 11 is 0. The fourth-order valence-electron chi connectivity index (χ4n) is 0.498. The highest BCUT2D eigenvalue weighted by Crippen LogP contribution is 2.09. The van der Waals surface area contributed by atoms with Crippen molar-refractivity contribution in [2.45, 2.75) is 0 Å². The van der Waals surface area contributed by atoms with Crippen LogP contribution in [0.25, 0.3) is 0 Å². The van der Waals surface area contributed by atoms with Crippen LogP contribution in [0.2, 0.25) is 0 Å². The molecular weight excluding hydrogens is 122 g/mol. The lowest BCUT2D eigenvalue weighted by molar-refractivity contribution is 0.0691. The number of aromatic nitrogens is 1. The maximum atomic E-state index is 10.3. The lowest BCUT2D eigenvalue weighted by Gasteiger charge is -1.80. The fraction of sp³-hybridized carbons (Fsp3) is 0. The first kappa shape index (κ1) is 5.68. The number of rotatable bonds is 1. The average molecular weight is 126 g/mol. The first-order valence-electron chi connectivity index (χ1n) is 2.29. The lowest BCUT2D eigenvalue weighted by atomic mass is 10.4. The minimum atomic E-state index is -1.11. The van der Waals surface area contributed by atoms with Gasteiger partial charge in [-0.05, 0) is 0 Å². The zero-order valence-corrected chi connectivity index (χ0v) is 4.42. The van der Waals surface area contributed by atoms with E-state index in [2.05, 4.69) is 4.98 Å². The van der Waals surface area contributed by atoms with E-state index in [-0.39, 0.29) is 11.4 Å². The van der Waals surface area contributed by atoms with Crippen molar-refractivity contribution < 1.29 is 15.0 Å². The highest BCUT2D eigenvalue weighted by Gasteiger charge is 2.04. The maximum Gasteiger partial charge on any atom is 0.352 e. The van der Waals surface area contributed by atoms with E-state index in [9.17, 15) is 9.90 Å². The lowest BCUT2D eigenvalue weighted by Crippen LogP contribution is -1.94. The van der Waals surface area contributed by atoms with Crippen molar-refractivity contribution in [2.24, 2.45) is 0 Å². The molecule has 1 radical (unpaired) electrons. The third-order valence-electron chi connectivity index (χ3n) is 0.887. The van der Waals surface area contributed by atoms with E-state index in [1.54, 1.807) is 0 Å². The topological polar surface area (TPSA) is 73.0 Å². The van der Waals surface area contributed by atoms with Crippen molar-refractivity contribution in [2.75, 3.05) is 0 Å². The van der Waals surface area contributed by atoms with Gasteiger partial charge in [0.15, 0.2) is 5.75 Å². The van der Waals surface area contributed by atoms with Gasteiger partial charge < -0.3 is 10.1 Å². The van der Waals surface area contributed by atoms with Crippen LogP contribution in [-0.4, -0.2) is 16.1 Å². The summed E-state index contributed by atoms with van der Waals surface area (Å²) in [6.45, 7) is 0. The molecule has 4 heteroatoms. The fourth-order valence-corrected chi connectivity index (χ4v) is 0.498. The normalized spacial score (nSPS) is 9.33. The van der Waals surface area contributed by atoms with Gasteiger partial charge in [-0.1, -0.05) is 0 Å². The van der Waals surface area contributed by atoms with Gasteiger partial charge in [0.25, 0.3) is 0 Å². The van der Waals surface area contributed by atoms with Gasteiger partial charge in [-0.2, -0.15) is 0 Å². The van der Waals surface area contributed by atoms with E-state index >= 15 is 0 Å². The van der Waals surface area contributed by atoms with Crippen LogP contribution < -0.4 is 0 Å². The molecule has 2 N–H and O–H groups in total. The van der Waals surface area contributed by atoms with Gasteiger partial charge >= 0.3 is 5.97 Å². The molecule has 1 aromatic rings. The Kier molecular flexibility index (Phi) is 1.14. The van der Waals surface area contributed by atoms with Crippen LogP contribution in [0.3, 0.4) is 0 Å². The zero-order valence-electron chi connectivity index (χ0n) is 4.42. The Hall–Kier alpha value is -1.45. The van der Waals surface area contributed by atoms with E-state index in [4.69, 9.17) is 5.11 Å². The summed E-state index contributed by atoms with van der Waals surface area (Å²) in [5.74, 6) is -1.43. The molecule has 1 heterocycles.